The van der Waals surface area contributed by atoms with Crippen molar-refractivity contribution in [1.29, 1.82) is 0 Å². The number of hydrogen-bond acceptors (Lipinski definition) is 6. The highest BCUT2D eigenvalue weighted by molar-refractivity contribution is 5.99. The van der Waals surface area contributed by atoms with E-state index in [4.69, 9.17) is 14.2 Å². The van der Waals surface area contributed by atoms with E-state index in [9.17, 15) is 14.4 Å². The molecule has 8 heteroatoms. The van der Waals surface area contributed by atoms with Crippen molar-refractivity contribution in [3.63, 3.8) is 0 Å². The van der Waals surface area contributed by atoms with E-state index in [0.717, 1.165) is 16.7 Å². The predicted molar refractivity (Wildman–Crippen MR) is 130 cm³/mol. The summed E-state index contributed by atoms with van der Waals surface area (Å²) in [4.78, 5) is 44.0. The van der Waals surface area contributed by atoms with E-state index in [1.165, 1.54) is 0 Å². The Kier molecular flexibility index (Phi) is 5.10. The first-order valence-corrected chi connectivity index (χ1v) is 12.2. The van der Waals surface area contributed by atoms with Gasteiger partial charge in [0, 0.05) is 19.0 Å². The van der Waals surface area contributed by atoms with Crippen molar-refractivity contribution in [2.75, 3.05) is 13.9 Å². The fraction of sp³-hybridized carbons (Fsp3) is 0.393. The molecule has 0 radical (unpaired) electrons. The molecule has 2 aromatic rings. The van der Waals surface area contributed by atoms with Crippen molar-refractivity contribution in [3.8, 4) is 17.2 Å². The highest BCUT2D eigenvalue weighted by atomic mass is 16.7. The fourth-order valence-corrected chi connectivity index (χ4v) is 6.34. The summed E-state index contributed by atoms with van der Waals surface area (Å²) in [7, 11) is 1.60. The average Bonchev–Trinajstić information content (AvgIpc) is 3.42. The molecule has 3 aliphatic heterocycles. The van der Waals surface area contributed by atoms with Gasteiger partial charge in [-0.3, -0.25) is 14.4 Å². The van der Waals surface area contributed by atoms with E-state index in [1.807, 2.05) is 56.3 Å². The Balaban J connectivity index is 1.49. The lowest BCUT2D eigenvalue weighted by atomic mass is 9.63. The van der Waals surface area contributed by atoms with Gasteiger partial charge in [-0.2, -0.15) is 0 Å². The molecule has 0 saturated carbocycles. The van der Waals surface area contributed by atoms with Gasteiger partial charge in [0.05, 0.1) is 25.0 Å². The molecule has 2 amide bonds. The smallest absolute Gasteiger partial charge is 0.247 e. The Bertz CT molecular complexity index is 1300. The first kappa shape index (κ1) is 22.6. The molecule has 3 atom stereocenters. The van der Waals surface area contributed by atoms with E-state index in [1.54, 1.807) is 23.0 Å². The number of ketones is 1. The number of benzene rings is 2. The van der Waals surface area contributed by atoms with Crippen LogP contribution in [0.5, 0.6) is 17.2 Å². The minimum atomic E-state index is -0.848. The van der Waals surface area contributed by atoms with Gasteiger partial charge in [-0.25, -0.2) is 0 Å². The molecule has 36 heavy (non-hydrogen) atoms. The van der Waals surface area contributed by atoms with Crippen LogP contribution in [0.15, 0.2) is 48.6 Å². The van der Waals surface area contributed by atoms with Crippen LogP contribution in [0.1, 0.15) is 37.0 Å². The third-order valence-electron chi connectivity index (χ3n) is 7.88. The number of carbonyl (C=O) groups is 3. The average molecular weight is 489 g/mol. The van der Waals surface area contributed by atoms with E-state index < -0.39 is 11.5 Å². The molecule has 0 bridgehead atoms. The van der Waals surface area contributed by atoms with E-state index in [0.29, 0.717) is 17.2 Å². The molecule has 6 rings (SSSR count). The van der Waals surface area contributed by atoms with Crippen LogP contribution >= 0.6 is 0 Å². The highest BCUT2D eigenvalue weighted by Gasteiger charge is 2.65. The molecule has 1 spiro atoms. The molecule has 0 N–H and O–H groups in total. The second-order valence-corrected chi connectivity index (χ2v) is 10.1. The van der Waals surface area contributed by atoms with Gasteiger partial charge >= 0.3 is 0 Å². The molecule has 1 aliphatic carbocycles. The van der Waals surface area contributed by atoms with Gasteiger partial charge in [-0.05, 0) is 60.9 Å². The Labute approximate surface area is 209 Å². The normalized spacial score (nSPS) is 25.7. The number of nitrogens with zero attached hydrogens (tertiary/aromatic N) is 2. The standard InChI is InChI=1S/C28H28N2O6/c1-16(2)30-24-12-19(31)8-9-28(24)21-13-23-22(35-15-36-23)11-18(21)14-29(26(28)27(30)33)25(32)10-17-4-6-20(34-3)7-5-17/h4-9,11,13,16,24,26H,10,12,14-15H2,1-3H3/t24-,26+,28?/m0/s1. The number of methoxy groups -OCH3 is 1. The second-order valence-electron chi connectivity index (χ2n) is 10.1. The maximum atomic E-state index is 14.1. The lowest BCUT2D eigenvalue weighted by molar-refractivity contribution is -0.144. The SMILES string of the molecule is COc1ccc(CC(=O)N2Cc3cc4c(cc3C35C=CC(=O)C[C@@H]3N(C(C)C)C(=O)[C@@H]25)OCO4)cc1. The van der Waals surface area contributed by atoms with Gasteiger partial charge in [0.15, 0.2) is 17.3 Å². The van der Waals surface area contributed by atoms with Crippen LogP contribution in [-0.4, -0.2) is 59.4 Å². The third kappa shape index (κ3) is 3.16. The monoisotopic (exact) mass is 488 g/mol. The molecular formula is C28H28N2O6. The Morgan fingerprint density at radius 3 is 2.56 bits per heavy atom. The van der Waals surface area contributed by atoms with Gasteiger partial charge in [0.25, 0.3) is 0 Å². The van der Waals surface area contributed by atoms with Crippen molar-refractivity contribution in [2.24, 2.45) is 0 Å². The van der Waals surface area contributed by atoms with Crippen molar-refractivity contribution < 1.29 is 28.6 Å². The molecule has 1 unspecified atom stereocenters. The number of hydrogen-bond donors (Lipinski definition) is 0. The molecule has 8 nitrogen and oxygen atoms in total. The molecule has 2 aromatic carbocycles. The summed E-state index contributed by atoms with van der Waals surface area (Å²) in [6.07, 6.45) is 3.80. The summed E-state index contributed by atoms with van der Waals surface area (Å²) < 4.78 is 16.6. The summed E-state index contributed by atoms with van der Waals surface area (Å²) in [5.74, 6) is 1.68. The highest BCUT2D eigenvalue weighted by Crippen LogP contribution is 2.54. The van der Waals surface area contributed by atoms with E-state index in [-0.39, 0.29) is 55.9 Å². The van der Waals surface area contributed by atoms with Crippen LogP contribution in [0.2, 0.25) is 0 Å². The summed E-state index contributed by atoms with van der Waals surface area (Å²) in [6, 6.07) is 9.98. The first-order valence-electron chi connectivity index (χ1n) is 12.2. The molecule has 1 saturated heterocycles. The van der Waals surface area contributed by atoms with Crippen LogP contribution in [0.25, 0.3) is 0 Å². The molecule has 3 heterocycles. The number of fused-ring (bicyclic) bond motifs is 2. The molecule has 4 aliphatic rings. The Hall–Kier alpha value is -3.81. The number of rotatable bonds is 4. The predicted octanol–water partition coefficient (Wildman–Crippen LogP) is 2.76. The quantitative estimate of drug-likeness (QED) is 0.658. The minimum Gasteiger partial charge on any atom is -0.497 e. The van der Waals surface area contributed by atoms with Crippen molar-refractivity contribution in [1.82, 2.24) is 9.80 Å². The maximum Gasteiger partial charge on any atom is 0.247 e. The zero-order valence-corrected chi connectivity index (χ0v) is 20.5. The largest absolute Gasteiger partial charge is 0.497 e. The summed E-state index contributed by atoms with van der Waals surface area (Å²) in [6.45, 7) is 4.31. The van der Waals surface area contributed by atoms with Crippen LogP contribution < -0.4 is 14.2 Å². The van der Waals surface area contributed by atoms with Crippen LogP contribution in [0.3, 0.4) is 0 Å². The van der Waals surface area contributed by atoms with E-state index >= 15 is 0 Å². The molecule has 0 aromatic heterocycles. The molecule has 1 fully saturated rings. The van der Waals surface area contributed by atoms with Crippen LogP contribution in [-0.2, 0) is 32.8 Å². The van der Waals surface area contributed by atoms with Gasteiger partial charge in [0.1, 0.15) is 11.8 Å². The lowest BCUT2D eigenvalue weighted by Gasteiger charge is -2.48. The summed E-state index contributed by atoms with van der Waals surface area (Å²) in [5.41, 5.74) is 1.82. The lowest BCUT2D eigenvalue weighted by Crippen LogP contribution is -2.59. The zero-order valence-electron chi connectivity index (χ0n) is 20.5. The van der Waals surface area contributed by atoms with Gasteiger partial charge in [-0.1, -0.05) is 18.2 Å². The van der Waals surface area contributed by atoms with Crippen LogP contribution in [0, 0.1) is 0 Å². The Morgan fingerprint density at radius 1 is 1.14 bits per heavy atom. The zero-order chi connectivity index (χ0) is 25.2. The fourth-order valence-electron chi connectivity index (χ4n) is 6.34. The van der Waals surface area contributed by atoms with Crippen molar-refractivity contribution in [3.05, 3.63) is 65.2 Å². The van der Waals surface area contributed by atoms with Crippen molar-refractivity contribution >= 4 is 17.6 Å². The number of amides is 2. The maximum absolute atomic E-state index is 14.1. The number of carbonyl (C=O) groups excluding carboxylic acids is 3. The Morgan fingerprint density at radius 2 is 1.86 bits per heavy atom. The topological polar surface area (TPSA) is 85.4 Å². The minimum absolute atomic E-state index is 0.0197. The van der Waals surface area contributed by atoms with E-state index in [2.05, 4.69) is 0 Å². The number of ether oxygens (including phenoxy) is 3. The van der Waals surface area contributed by atoms with Crippen molar-refractivity contribution in [2.45, 2.75) is 56.8 Å². The summed E-state index contributed by atoms with van der Waals surface area (Å²) >= 11 is 0. The van der Waals surface area contributed by atoms with Gasteiger partial charge in [0.2, 0.25) is 18.6 Å². The molecular weight excluding hydrogens is 460 g/mol. The number of likely N-dealkylation sites (tertiary alicyclic amines) is 1. The van der Waals surface area contributed by atoms with Gasteiger partial charge in [-0.15, -0.1) is 0 Å². The number of allylic oxidation sites excluding steroid dienone is 1. The molecule has 186 valence electrons. The van der Waals surface area contributed by atoms with Crippen LogP contribution in [0.4, 0.5) is 0 Å². The second kappa shape index (κ2) is 8.11. The van der Waals surface area contributed by atoms with Gasteiger partial charge < -0.3 is 24.0 Å². The summed E-state index contributed by atoms with van der Waals surface area (Å²) in [5, 5.41) is 0. The first-order chi connectivity index (χ1) is 17.3. The third-order valence-corrected chi connectivity index (χ3v) is 7.88.